The Morgan fingerprint density at radius 3 is 2.68 bits per heavy atom. The van der Waals surface area contributed by atoms with Gasteiger partial charge in [-0.1, -0.05) is 41.4 Å². The molecule has 1 saturated heterocycles. The summed E-state index contributed by atoms with van der Waals surface area (Å²) in [6.45, 7) is 4.13. The monoisotopic (exact) mass is 465 g/mol. The molecule has 2 heterocycles. The highest BCUT2D eigenvalue weighted by Crippen LogP contribution is 2.41. The van der Waals surface area contributed by atoms with Crippen molar-refractivity contribution < 1.29 is 24.3 Å². The molecule has 0 spiro atoms. The summed E-state index contributed by atoms with van der Waals surface area (Å²) in [5.41, 5.74) is -1.41. The molecule has 3 amide bonds. The summed E-state index contributed by atoms with van der Waals surface area (Å²) in [6.07, 6.45) is 0. The van der Waals surface area contributed by atoms with Gasteiger partial charge in [0.2, 0.25) is 0 Å². The van der Waals surface area contributed by atoms with Gasteiger partial charge < -0.3 is 25.4 Å². The van der Waals surface area contributed by atoms with Gasteiger partial charge in [-0.2, -0.15) is 0 Å². The molecule has 164 valence electrons. The van der Waals surface area contributed by atoms with Crippen molar-refractivity contribution in [2.45, 2.75) is 5.72 Å². The Kier molecular flexibility index (Phi) is 6.36. The molecule has 8 nitrogen and oxygen atoms in total. The molecule has 1 atom stereocenters. The van der Waals surface area contributed by atoms with Crippen LogP contribution >= 0.6 is 23.2 Å². The molecule has 0 radical (unpaired) electrons. The topological polar surface area (TPSA) is 95.3 Å². The third-order valence-corrected chi connectivity index (χ3v) is 6.25. The summed E-state index contributed by atoms with van der Waals surface area (Å²) in [5.74, 6) is -0.700. The van der Waals surface area contributed by atoms with Crippen molar-refractivity contribution in [3.63, 3.8) is 0 Å². The molecular weight excluding hydrogens is 443 g/mol. The van der Waals surface area contributed by atoms with E-state index in [0.717, 1.165) is 18.0 Å². The second-order valence-electron chi connectivity index (χ2n) is 7.45. The SMILES string of the molecule is O=C1Nc2ccccc2C(O)(C(=O)NCC[NH+]2CCOCC2)N1c1ccc(Cl)c(Cl)c1. The summed E-state index contributed by atoms with van der Waals surface area (Å²) < 4.78 is 5.35. The van der Waals surface area contributed by atoms with Gasteiger partial charge in [-0.25, -0.2) is 4.79 Å². The zero-order valence-corrected chi connectivity index (χ0v) is 18.2. The van der Waals surface area contributed by atoms with Gasteiger partial charge in [-0.05, 0) is 24.3 Å². The van der Waals surface area contributed by atoms with Crippen molar-refractivity contribution in [2.24, 2.45) is 0 Å². The number of halogens is 2. The van der Waals surface area contributed by atoms with Crippen LogP contribution in [0, 0.1) is 0 Å². The smallest absolute Gasteiger partial charge is 0.329 e. The number of ether oxygens (including phenoxy) is 1. The summed E-state index contributed by atoms with van der Waals surface area (Å²) in [4.78, 5) is 28.6. The normalized spacial score (nSPS) is 21.4. The molecule has 1 unspecified atom stereocenters. The number of morpholine rings is 1. The van der Waals surface area contributed by atoms with E-state index in [4.69, 9.17) is 27.9 Å². The Bertz CT molecular complexity index is 999. The van der Waals surface area contributed by atoms with Gasteiger partial charge in [-0.15, -0.1) is 0 Å². The van der Waals surface area contributed by atoms with Crippen LogP contribution < -0.4 is 20.4 Å². The molecular formula is C21H23Cl2N4O4+. The number of aliphatic hydroxyl groups is 1. The lowest BCUT2D eigenvalue weighted by Gasteiger charge is -2.42. The van der Waals surface area contributed by atoms with Crippen LogP contribution in [0.2, 0.25) is 10.0 Å². The maximum Gasteiger partial charge on any atom is 0.329 e. The van der Waals surface area contributed by atoms with Crippen molar-refractivity contribution in [3.05, 3.63) is 58.1 Å². The minimum Gasteiger partial charge on any atom is -0.370 e. The summed E-state index contributed by atoms with van der Waals surface area (Å²) in [5, 5.41) is 17.7. The number of nitrogens with one attached hydrogen (secondary N) is 3. The number of rotatable bonds is 5. The molecule has 2 aromatic carbocycles. The van der Waals surface area contributed by atoms with Crippen LogP contribution in [-0.2, 0) is 15.3 Å². The minimum atomic E-state index is -2.27. The van der Waals surface area contributed by atoms with E-state index in [0.29, 0.717) is 37.0 Å². The van der Waals surface area contributed by atoms with Gasteiger partial charge in [0.1, 0.15) is 13.1 Å². The fourth-order valence-corrected chi connectivity index (χ4v) is 4.17. The number of anilines is 2. The molecule has 10 heteroatoms. The number of carbonyl (C=O) groups excluding carboxylic acids is 2. The molecule has 4 rings (SSSR count). The average Bonchev–Trinajstić information content (AvgIpc) is 2.77. The zero-order valence-electron chi connectivity index (χ0n) is 16.7. The van der Waals surface area contributed by atoms with Crippen LogP contribution in [0.5, 0.6) is 0 Å². The third kappa shape index (κ3) is 4.22. The third-order valence-electron chi connectivity index (χ3n) is 5.51. The van der Waals surface area contributed by atoms with Crippen molar-refractivity contribution in [1.29, 1.82) is 0 Å². The van der Waals surface area contributed by atoms with Gasteiger partial charge in [0.25, 0.3) is 11.6 Å². The van der Waals surface area contributed by atoms with Crippen molar-refractivity contribution >= 4 is 46.5 Å². The number of hydrogen-bond acceptors (Lipinski definition) is 4. The Balaban J connectivity index is 1.65. The lowest BCUT2D eigenvalue weighted by molar-refractivity contribution is -0.906. The first-order chi connectivity index (χ1) is 14.9. The summed E-state index contributed by atoms with van der Waals surface area (Å²) >= 11 is 12.1. The number of hydrogen-bond donors (Lipinski definition) is 4. The number of amides is 3. The molecule has 0 saturated carbocycles. The molecule has 0 aromatic heterocycles. The highest BCUT2D eigenvalue weighted by atomic mass is 35.5. The van der Waals surface area contributed by atoms with E-state index in [-0.39, 0.29) is 16.3 Å². The Morgan fingerprint density at radius 1 is 1.19 bits per heavy atom. The van der Waals surface area contributed by atoms with Gasteiger partial charge in [-0.3, -0.25) is 9.69 Å². The Labute approximate surface area is 189 Å². The lowest BCUT2D eigenvalue weighted by Crippen LogP contribution is -3.14. The minimum absolute atomic E-state index is 0.199. The number of benzene rings is 2. The number of fused-ring (bicyclic) bond motifs is 1. The van der Waals surface area contributed by atoms with E-state index in [9.17, 15) is 14.7 Å². The fraction of sp³-hybridized carbons (Fsp3) is 0.333. The van der Waals surface area contributed by atoms with E-state index in [1.54, 1.807) is 24.3 Å². The molecule has 4 N–H and O–H groups in total. The maximum atomic E-state index is 13.3. The standard InChI is InChI=1S/C21H22Cl2N4O4/c22-16-6-5-14(13-17(16)23)27-20(29)25-18-4-2-1-3-15(18)21(27,30)19(28)24-7-8-26-9-11-31-12-10-26/h1-6,13,30H,7-12H2,(H,24,28)(H,25,29)/p+1. The number of quaternary nitrogens is 1. The lowest BCUT2D eigenvalue weighted by atomic mass is 9.95. The maximum absolute atomic E-state index is 13.3. The number of para-hydroxylation sites is 1. The average molecular weight is 466 g/mol. The van der Waals surface area contributed by atoms with Crippen LogP contribution in [0.15, 0.2) is 42.5 Å². The van der Waals surface area contributed by atoms with E-state index < -0.39 is 17.7 Å². The summed E-state index contributed by atoms with van der Waals surface area (Å²) in [7, 11) is 0. The number of urea groups is 1. The molecule has 31 heavy (non-hydrogen) atoms. The largest absolute Gasteiger partial charge is 0.370 e. The van der Waals surface area contributed by atoms with Gasteiger partial charge >= 0.3 is 6.03 Å². The highest BCUT2D eigenvalue weighted by molar-refractivity contribution is 6.42. The second-order valence-corrected chi connectivity index (χ2v) is 8.26. The van der Waals surface area contributed by atoms with E-state index >= 15 is 0 Å². The van der Waals surface area contributed by atoms with Crippen LogP contribution in [0.4, 0.5) is 16.2 Å². The second kappa shape index (κ2) is 9.02. The predicted octanol–water partition coefficient (Wildman–Crippen LogP) is 1.22. The first kappa shape index (κ1) is 21.9. The molecule has 0 bridgehead atoms. The molecule has 2 aliphatic heterocycles. The molecule has 2 aliphatic rings. The van der Waals surface area contributed by atoms with E-state index in [1.807, 2.05) is 0 Å². The zero-order chi connectivity index (χ0) is 22.0. The van der Waals surface area contributed by atoms with Crippen LogP contribution in [0.3, 0.4) is 0 Å². The van der Waals surface area contributed by atoms with Crippen molar-refractivity contribution in [1.82, 2.24) is 5.32 Å². The fourth-order valence-electron chi connectivity index (χ4n) is 3.87. The van der Waals surface area contributed by atoms with Crippen molar-refractivity contribution in [3.8, 4) is 0 Å². The number of nitrogens with zero attached hydrogens (tertiary/aromatic N) is 1. The van der Waals surface area contributed by atoms with Crippen LogP contribution in [0.1, 0.15) is 5.56 Å². The first-order valence-corrected chi connectivity index (χ1v) is 10.7. The van der Waals surface area contributed by atoms with E-state index in [1.165, 1.54) is 23.1 Å². The highest BCUT2D eigenvalue weighted by Gasteiger charge is 2.52. The Hall–Kier alpha value is -2.36. The first-order valence-electron chi connectivity index (χ1n) is 9.99. The Morgan fingerprint density at radius 2 is 1.94 bits per heavy atom. The van der Waals surface area contributed by atoms with E-state index in [2.05, 4.69) is 10.6 Å². The van der Waals surface area contributed by atoms with Gasteiger partial charge in [0.15, 0.2) is 0 Å². The summed E-state index contributed by atoms with van der Waals surface area (Å²) in [6, 6.07) is 10.5. The van der Waals surface area contributed by atoms with Gasteiger partial charge in [0.05, 0.1) is 47.7 Å². The predicted molar refractivity (Wildman–Crippen MR) is 118 cm³/mol. The van der Waals surface area contributed by atoms with Crippen molar-refractivity contribution in [2.75, 3.05) is 49.6 Å². The molecule has 1 fully saturated rings. The van der Waals surface area contributed by atoms with Gasteiger partial charge in [0, 0.05) is 5.56 Å². The quantitative estimate of drug-likeness (QED) is 0.533. The van der Waals surface area contributed by atoms with Crippen LogP contribution in [-0.4, -0.2) is 56.4 Å². The molecule has 2 aromatic rings. The number of carbonyl (C=O) groups is 2. The molecule has 0 aliphatic carbocycles. The van der Waals surface area contributed by atoms with Crippen LogP contribution in [0.25, 0.3) is 0 Å².